The fourth-order valence-corrected chi connectivity index (χ4v) is 5.66. The van der Waals surface area contributed by atoms with Crippen LogP contribution in [0.15, 0.2) is 36.4 Å². The number of nitrogens with one attached hydrogen (secondary N) is 1. The number of unbranched alkanes of at least 4 members (excludes halogenated alkanes) is 2. The summed E-state index contributed by atoms with van der Waals surface area (Å²) in [4.78, 5) is 40.2. The average molecular weight is 543 g/mol. The molecular formula is C29H38N2O8. The fraction of sp³-hybridized carbons (Fsp3) is 0.552. The largest absolute Gasteiger partial charge is 0.493 e. The number of aldehydes is 1. The Morgan fingerprint density at radius 3 is 2.79 bits per heavy atom. The van der Waals surface area contributed by atoms with Gasteiger partial charge in [0.05, 0.1) is 31.8 Å². The number of ether oxygens (including phenoxy) is 3. The van der Waals surface area contributed by atoms with Gasteiger partial charge >= 0.3 is 0 Å². The van der Waals surface area contributed by atoms with E-state index in [0.717, 1.165) is 25.7 Å². The molecule has 1 aromatic rings. The molecule has 4 rings (SSSR count). The molecule has 3 aliphatic rings. The van der Waals surface area contributed by atoms with Gasteiger partial charge in [-0.2, -0.15) is 0 Å². The lowest BCUT2D eigenvalue weighted by molar-refractivity contribution is -0.139. The van der Waals surface area contributed by atoms with Gasteiger partial charge in [0.2, 0.25) is 11.8 Å². The van der Waals surface area contributed by atoms with Gasteiger partial charge in [-0.05, 0) is 50.3 Å². The maximum Gasteiger partial charge on any atom is 0.247 e. The summed E-state index contributed by atoms with van der Waals surface area (Å²) in [7, 11) is 1.45. The van der Waals surface area contributed by atoms with E-state index >= 15 is 0 Å². The highest BCUT2D eigenvalue weighted by molar-refractivity contribution is 5.96. The molecule has 0 aromatic heterocycles. The zero-order valence-electron chi connectivity index (χ0n) is 22.3. The number of methoxy groups -OCH3 is 1. The predicted octanol–water partition coefficient (Wildman–Crippen LogP) is 1.88. The van der Waals surface area contributed by atoms with Crippen molar-refractivity contribution < 1.29 is 38.8 Å². The van der Waals surface area contributed by atoms with Crippen LogP contribution in [0.2, 0.25) is 0 Å². The summed E-state index contributed by atoms with van der Waals surface area (Å²) in [5, 5.41) is 23.7. The smallest absolute Gasteiger partial charge is 0.247 e. The number of benzene rings is 1. The normalized spacial score (nSPS) is 25.1. The number of hydrogen-bond acceptors (Lipinski definition) is 8. The number of carbonyl (C=O) groups excluding carboxylic acids is 3. The maximum absolute atomic E-state index is 13.6. The quantitative estimate of drug-likeness (QED) is 0.195. The second kappa shape index (κ2) is 13.2. The Morgan fingerprint density at radius 1 is 1.31 bits per heavy atom. The Labute approximate surface area is 228 Å². The van der Waals surface area contributed by atoms with Crippen LogP contribution in [0, 0.1) is 0 Å². The number of aliphatic hydroxyl groups is 2. The van der Waals surface area contributed by atoms with Gasteiger partial charge in [-0.15, -0.1) is 6.58 Å². The lowest BCUT2D eigenvalue weighted by atomic mass is 9.77. The van der Waals surface area contributed by atoms with Crippen LogP contribution in [0.4, 0.5) is 0 Å². The van der Waals surface area contributed by atoms with Crippen LogP contribution < -0.4 is 14.8 Å². The molecule has 10 nitrogen and oxygen atoms in total. The first kappa shape index (κ1) is 28.8. The summed E-state index contributed by atoms with van der Waals surface area (Å²) in [5.41, 5.74) is 1.19. The van der Waals surface area contributed by atoms with Crippen LogP contribution in [-0.4, -0.2) is 91.0 Å². The van der Waals surface area contributed by atoms with Gasteiger partial charge in [0.1, 0.15) is 18.5 Å². The highest BCUT2D eigenvalue weighted by Gasteiger charge is 2.51. The highest BCUT2D eigenvalue weighted by atomic mass is 16.5. The standard InChI is InChI=1S/C29H38N2O8/c1-3-4-5-6-9-24(34)31(16-19-8-7-12-38-19)22-15-21(29(36)30-10-11-32)25-20-13-18(17-33)14-23(37-2)27(20)39-28(25)26(22)35/h3,13-15,17,19,22,25-26,28,32,35H,1,4-12,16H2,2H3,(H,30,36)/t19-,22-,25+,26+,28+/m1/s1. The van der Waals surface area contributed by atoms with Crippen molar-refractivity contribution in [3.63, 3.8) is 0 Å². The fourth-order valence-electron chi connectivity index (χ4n) is 5.66. The molecule has 2 amide bonds. The molecule has 10 heteroatoms. The molecule has 2 heterocycles. The molecule has 0 bridgehead atoms. The zero-order valence-corrected chi connectivity index (χ0v) is 22.3. The van der Waals surface area contributed by atoms with E-state index in [9.17, 15) is 24.6 Å². The van der Waals surface area contributed by atoms with E-state index < -0.39 is 30.1 Å². The van der Waals surface area contributed by atoms with Gasteiger partial charge in [0, 0.05) is 42.8 Å². The van der Waals surface area contributed by atoms with Crippen LogP contribution in [0.5, 0.6) is 11.5 Å². The van der Waals surface area contributed by atoms with Crippen molar-refractivity contribution in [1.82, 2.24) is 10.2 Å². The number of fused-ring (bicyclic) bond motifs is 3. The van der Waals surface area contributed by atoms with E-state index in [0.29, 0.717) is 47.5 Å². The lowest BCUT2D eigenvalue weighted by Gasteiger charge is -2.41. The number of aliphatic hydroxyl groups excluding tert-OH is 2. The van der Waals surface area contributed by atoms with E-state index in [1.54, 1.807) is 23.1 Å². The molecule has 1 saturated heterocycles. The summed E-state index contributed by atoms with van der Waals surface area (Å²) in [6, 6.07) is 2.33. The number of rotatable bonds is 13. The molecule has 3 N–H and O–H groups in total. The van der Waals surface area contributed by atoms with Crippen LogP contribution in [0.25, 0.3) is 0 Å². The van der Waals surface area contributed by atoms with Crippen molar-refractivity contribution in [2.75, 3.05) is 33.4 Å². The number of carbonyl (C=O) groups is 3. The van der Waals surface area contributed by atoms with Crippen molar-refractivity contribution in [3.8, 4) is 11.5 Å². The molecule has 0 radical (unpaired) electrons. The highest BCUT2D eigenvalue weighted by Crippen LogP contribution is 2.51. The van der Waals surface area contributed by atoms with E-state index in [-0.39, 0.29) is 38.1 Å². The number of hydrogen-bond donors (Lipinski definition) is 3. The summed E-state index contributed by atoms with van der Waals surface area (Å²) >= 11 is 0. The van der Waals surface area contributed by atoms with Crippen molar-refractivity contribution in [3.05, 3.63) is 47.6 Å². The Balaban J connectivity index is 1.73. The molecular weight excluding hydrogens is 504 g/mol. The SMILES string of the molecule is C=CCCCCC(=O)N(C[C@H]1CCCO1)[C@@H]1C=C(C(=O)NCCO)[C@@H]2c3cc(C=O)cc(OC)c3O[C@@H]2[C@H]1O. The molecule has 5 atom stereocenters. The van der Waals surface area contributed by atoms with E-state index in [4.69, 9.17) is 14.2 Å². The summed E-state index contributed by atoms with van der Waals surface area (Å²) in [5.74, 6) is -0.624. The third-order valence-corrected chi connectivity index (χ3v) is 7.56. The Bertz CT molecular complexity index is 1100. The van der Waals surface area contributed by atoms with Gasteiger partial charge in [-0.1, -0.05) is 6.08 Å². The van der Waals surface area contributed by atoms with Crippen molar-refractivity contribution >= 4 is 18.1 Å². The molecule has 39 heavy (non-hydrogen) atoms. The lowest BCUT2D eigenvalue weighted by Crippen LogP contribution is -2.57. The monoisotopic (exact) mass is 542 g/mol. The average Bonchev–Trinajstić information content (AvgIpc) is 3.61. The second-order valence-corrected chi connectivity index (χ2v) is 10.1. The Hall–Kier alpha value is -3.21. The minimum Gasteiger partial charge on any atom is -0.493 e. The molecule has 0 unspecified atom stereocenters. The maximum atomic E-state index is 13.6. The molecule has 0 spiro atoms. The van der Waals surface area contributed by atoms with Crippen LogP contribution >= 0.6 is 0 Å². The first-order valence-corrected chi connectivity index (χ1v) is 13.6. The Kier molecular flexibility index (Phi) is 9.77. The second-order valence-electron chi connectivity index (χ2n) is 10.1. The van der Waals surface area contributed by atoms with Gasteiger partial charge in [0.25, 0.3) is 0 Å². The molecule has 0 saturated carbocycles. The van der Waals surface area contributed by atoms with E-state index in [1.165, 1.54) is 7.11 Å². The molecule has 212 valence electrons. The topological polar surface area (TPSA) is 135 Å². The molecule has 2 aliphatic heterocycles. The van der Waals surface area contributed by atoms with Crippen molar-refractivity contribution in [2.45, 2.75) is 68.8 Å². The minimum absolute atomic E-state index is 0.0358. The van der Waals surface area contributed by atoms with Gasteiger partial charge in [-0.25, -0.2) is 0 Å². The van der Waals surface area contributed by atoms with Crippen LogP contribution in [0.3, 0.4) is 0 Å². The number of amides is 2. The Morgan fingerprint density at radius 2 is 2.13 bits per heavy atom. The summed E-state index contributed by atoms with van der Waals surface area (Å²) in [6.45, 7) is 4.42. The van der Waals surface area contributed by atoms with Crippen molar-refractivity contribution in [2.24, 2.45) is 0 Å². The van der Waals surface area contributed by atoms with Gasteiger partial charge in [-0.3, -0.25) is 14.4 Å². The number of allylic oxidation sites excluding steroid dienone is 1. The molecule has 1 fully saturated rings. The van der Waals surface area contributed by atoms with E-state index in [1.807, 2.05) is 6.08 Å². The molecule has 1 aromatic carbocycles. The van der Waals surface area contributed by atoms with Crippen LogP contribution in [0.1, 0.15) is 60.4 Å². The zero-order chi connectivity index (χ0) is 27.9. The first-order chi connectivity index (χ1) is 18.9. The third-order valence-electron chi connectivity index (χ3n) is 7.56. The van der Waals surface area contributed by atoms with E-state index in [2.05, 4.69) is 11.9 Å². The van der Waals surface area contributed by atoms with Crippen LogP contribution in [-0.2, 0) is 14.3 Å². The van der Waals surface area contributed by atoms with Gasteiger partial charge in [0.15, 0.2) is 11.5 Å². The predicted molar refractivity (Wildman–Crippen MR) is 143 cm³/mol. The molecule has 1 aliphatic carbocycles. The first-order valence-electron chi connectivity index (χ1n) is 13.6. The van der Waals surface area contributed by atoms with Crippen molar-refractivity contribution in [1.29, 1.82) is 0 Å². The summed E-state index contributed by atoms with van der Waals surface area (Å²) in [6.07, 6.45) is 6.18. The number of nitrogens with zero attached hydrogens (tertiary/aromatic N) is 1. The third kappa shape index (κ3) is 6.18. The summed E-state index contributed by atoms with van der Waals surface area (Å²) < 4.78 is 17.5. The van der Waals surface area contributed by atoms with Gasteiger partial charge < -0.3 is 34.6 Å². The minimum atomic E-state index is -1.17.